The molecule has 1 heterocycles. The maximum absolute atomic E-state index is 2.32. The van der Waals surface area contributed by atoms with E-state index in [0.717, 1.165) is 0 Å². The number of benzene rings is 1. The monoisotopic (exact) mass is 190 g/mol. The van der Waals surface area contributed by atoms with Crippen LogP contribution in [0.2, 0.25) is 0 Å². The summed E-state index contributed by atoms with van der Waals surface area (Å²) >= 11 is 0. The third-order valence-corrected chi connectivity index (χ3v) is 3.47. The van der Waals surface area contributed by atoms with E-state index in [2.05, 4.69) is 56.8 Å². The second-order valence-electron chi connectivity index (χ2n) is 4.28. The number of anilines is 2. The first-order chi connectivity index (χ1) is 6.52. The molecule has 0 amide bonds. The molecule has 0 saturated carbocycles. The van der Waals surface area contributed by atoms with Gasteiger partial charge >= 0.3 is 0 Å². The molecule has 0 unspecified atom stereocenters. The molecule has 0 atom stereocenters. The van der Waals surface area contributed by atoms with Crippen LogP contribution in [0.25, 0.3) is 0 Å². The lowest BCUT2D eigenvalue weighted by atomic mass is 10.1. The Morgan fingerprint density at radius 2 is 1.29 bits per heavy atom. The molecular weight excluding hydrogens is 172 g/mol. The summed E-state index contributed by atoms with van der Waals surface area (Å²) in [6.45, 7) is 6.57. The van der Waals surface area contributed by atoms with Crippen LogP contribution in [-0.4, -0.2) is 20.3 Å². The van der Waals surface area contributed by atoms with Gasteiger partial charge in [0, 0.05) is 14.1 Å². The number of aryl methyl sites for hydroxylation is 2. The van der Waals surface area contributed by atoms with E-state index in [-0.39, 0.29) is 0 Å². The summed E-state index contributed by atoms with van der Waals surface area (Å²) in [4.78, 5) is 4.64. The third-order valence-electron chi connectivity index (χ3n) is 3.47. The van der Waals surface area contributed by atoms with Crippen LogP contribution in [0.4, 0.5) is 11.4 Å². The zero-order valence-electron chi connectivity index (χ0n) is 9.63. The van der Waals surface area contributed by atoms with Crippen LogP contribution in [0.15, 0.2) is 12.1 Å². The van der Waals surface area contributed by atoms with Crippen molar-refractivity contribution in [2.75, 3.05) is 23.9 Å². The van der Waals surface area contributed by atoms with Gasteiger partial charge in [-0.2, -0.15) is 0 Å². The largest absolute Gasteiger partial charge is 0.353 e. The first-order valence-corrected chi connectivity index (χ1v) is 5.09. The standard InChI is InChI=1S/C12H18N2/c1-8-6-11-12(7-9(8)2)14(5)10(3)13(11)4/h6-7,10H,1-5H3. The minimum atomic E-state index is 0.464. The van der Waals surface area contributed by atoms with Gasteiger partial charge in [0.15, 0.2) is 0 Å². The molecule has 2 heteroatoms. The highest BCUT2D eigenvalue weighted by Gasteiger charge is 2.27. The Kier molecular flexibility index (Phi) is 1.95. The Bertz CT molecular complexity index is 336. The molecule has 1 aliphatic rings. The first-order valence-electron chi connectivity index (χ1n) is 5.09. The summed E-state index contributed by atoms with van der Waals surface area (Å²) in [5.41, 5.74) is 5.45. The Labute approximate surface area is 86.1 Å². The number of hydrogen-bond donors (Lipinski definition) is 0. The Balaban J connectivity index is 2.59. The van der Waals surface area contributed by atoms with Gasteiger partial charge in [0.2, 0.25) is 0 Å². The molecular formula is C12H18N2. The molecule has 0 radical (unpaired) electrons. The molecule has 76 valence electrons. The predicted octanol–water partition coefficient (Wildman–Crippen LogP) is 2.54. The average molecular weight is 190 g/mol. The minimum absolute atomic E-state index is 0.464. The predicted molar refractivity (Wildman–Crippen MR) is 62.2 cm³/mol. The SMILES string of the molecule is Cc1cc2c(cc1C)N(C)C(C)N2C. The van der Waals surface area contributed by atoms with Crippen LogP contribution < -0.4 is 9.80 Å². The quantitative estimate of drug-likeness (QED) is 0.620. The van der Waals surface area contributed by atoms with Crippen LogP contribution >= 0.6 is 0 Å². The Morgan fingerprint density at radius 3 is 1.64 bits per heavy atom. The van der Waals surface area contributed by atoms with E-state index >= 15 is 0 Å². The van der Waals surface area contributed by atoms with Gasteiger partial charge in [0.25, 0.3) is 0 Å². The fraction of sp³-hybridized carbons (Fsp3) is 0.500. The molecule has 2 nitrogen and oxygen atoms in total. The van der Waals surface area contributed by atoms with E-state index in [1.54, 1.807) is 0 Å². The molecule has 2 rings (SSSR count). The number of nitrogens with zero attached hydrogens (tertiary/aromatic N) is 2. The number of fused-ring (bicyclic) bond motifs is 1. The van der Waals surface area contributed by atoms with E-state index in [4.69, 9.17) is 0 Å². The summed E-state index contributed by atoms with van der Waals surface area (Å²) in [5, 5.41) is 0. The summed E-state index contributed by atoms with van der Waals surface area (Å²) < 4.78 is 0. The molecule has 0 saturated heterocycles. The van der Waals surface area contributed by atoms with Gasteiger partial charge in [0.1, 0.15) is 0 Å². The maximum Gasteiger partial charge on any atom is 0.0982 e. The summed E-state index contributed by atoms with van der Waals surface area (Å²) in [6, 6.07) is 4.56. The van der Waals surface area contributed by atoms with Gasteiger partial charge < -0.3 is 9.80 Å². The molecule has 0 aromatic heterocycles. The van der Waals surface area contributed by atoms with Crippen molar-refractivity contribution >= 4 is 11.4 Å². The molecule has 1 aromatic rings. The third kappa shape index (κ3) is 1.10. The summed E-state index contributed by atoms with van der Waals surface area (Å²) in [6.07, 6.45) is 0.464. The van der Waals surface area contributed by atoms with Crippen LogP contribution in [-0.2, 0) is 0 Å². The Morgan fingerprint density at radius 1 is 0.929 bits per heavy atom. The molecule has 1 aliphatic heterocycles. The van der Waals surface area contributed by atoms with Crippen molar-refractivity contribution in [3.05, 3.63) is 23.3 Å². The van der Waals surface area contributed by atoms with Crippen molar-refractivity contribution in [1.82, 2.24) is 0 Å². The van der Waals surface area contributed by atoms with Crippen molar-refractivity contribution in [2.24, 2.45) is 0 Å². The fourth-order valence-electron chi connectivity index (χ4n) is 2.01. The van der Waals surface area contributed by atoms with Gasteiger partial charge in [-0.15, -0.1) is 0 Å². The zero-order valence-corrected chi connectivity index (χ0v) is 9.63. The second kappa shape index (κ2) is 2.91. The van der Waals surface area contributed by atoms with Gasteiger partial charge in [-0.3, -0.25) is 0 Å². The second-order valence-corrected chi connectivity index (χ2v) is 4.28. The molecule has 0 bridgehead atoms. The van der Waals surface area contributed by atoms with Crippen LogP contribution in [0, 0.1) is 13.8 Å². The van der Waals surface area contributed by atoms with Crippen LogP contribution in [0.3, 0.4) is 0 Å². The highest BCUT2D eigenvalue weighted by atomic mass is 15.4. The molecule has 0 fully saturated rings. The summed E-state index contributed by atoms with van der Waals surface area (Å²) in [5.74, 6) is 0. The van der Waals surface area contributed by atoms with E-state index < -0.39 is 0 Å². The molecule has 0 spiro atoms. The highest BCUT2D eigenvalue weighted by molar-refractivity contribution is 5.78. The topological polar surface area (TPSA) is 6.48 Å². The smallest absolute Gasteiger partial charge is 0.0982 e. The van der Waals surface area contributed by atoms with Crippen molar-refractivity contribution in [1.29, 1.82) is 0 Å². The fourth-order valence-corrected chi connectivity index (χ4v) is 2.01. The van der Waals surface area contributed by atoms with E-state index in [9.17, 15) is 0 Å². The zero-order chi connectivity index (χ0) is 10.5. The van der Waals surface area contributed by atoms with Crippen molar-refractivity contribution in [3.63, 3.8) is 0 Å². The summed E-state index contributed by atoms with van der Waals surface area (Å²) in [7, 11) is 4.31. The van der Waals surface area contributed by atoms with E-state index in [1.807, 2.05) is 0 Å². The maximum atomic E-state index is 2.32. The molecule has 0 aliphatic carbocycles. The van der Waals surface area contributed by atoms with E-state index in [1.165, 1.54) is 22.5 Å². The minimum Gasteiger partial charge on any atom is -0.353 e. The Hall–Kier alpha value is -1.18. The first kappa shape index (κ1) is 9.38. The molecule has 0 N–H and O–H groups in total. The lowest BCUT2D eigenvalue weighted by molar-refractivity contribution is 0.710. The van der Waals surface area contributed by atoms with Crippen LogP contribution in [0.5, 0.6) is 0 Å². The molecule has 1 aromatic carbocycles. The van der Waals surface area contributed by atoms with Gasteiger partial charge in [-0.25, -0.2) is 0 Å². The van der Waals surface area contributed by atoms with Crippen molar-refractivity contribution in [3.8, 4) is 0 Å². The van der Waals surface area contributed by atoms with Crippen molar-refractivity contribution < 1.29 is 0 Å². The van der Waals surface area contributed by atoms with Gasteiger partial charge in [-0.1, -0.05) is 0 Å². The number of hydrogen-bond acceptors (Lipinski definition) is 2. The van der Waals surface area contributed by atoms with Gasteiger partial charge in [0.05, 0.1) is 17.5 Å². The normalized spacial score (nSPS) is 16.4. The average Bonchev–Trinajstić information content (AvgIpc) is 2.34. The lowest BCUT2D eigenvalue weighted by Gasteiger charge is -2.23. The number of rotatable bonds is 0. The van der Waals surface area contributed by atoms with E-state index in [0.29, 0.717) is 6.17 Å². The highest BCUT2D eigenvalue weighted by Crippen LogP contribution is 2.38. The van der Waals surface area contributed by atoms with Crippen LogP contribution in [0.1, 0.15) is 18.1 Å². The van der Waals surface area contributed by atoms with Gasteiger partial charge in [-0.05, 0) is 44.0 Å². The molecule has 14 heavy (non-hydrogen) atoms. The van der Waals surface area contributed by atoms with Crippen molar-refractivity contribution in [2.45, 2.75) is 26.9 Å². The lowest BCUT2D eigenvalue weighted by Crippen LogP contribution is -2.35.